The standard InChI is InChI=1S/C20H21FN4O/c1-14-3-2-8-23-18(14)10-22-9-17-12-25-19(11-24-20(25)13-26-17)15-4-6-16(21)7-5-15/h2-8,11,17,22H,9-10,12-13H2,1H3/t17-/m0/s1. The number of halogens is 1. The Balaban J connectivity index is 1.42. The number of nitrogens with zero attached hydrogens (tertiary/aromatic N) is 3. The molecule has 6 heteroatoms. The van der Waals surface area contributed by atoms with E-state index >= 15 is 0 Å². The van der Waals surface area contributed by atoms with E-state index < -0.39 is 0 Å². The van der Waals surface area contributed by atoms with E-state index in [4.69, 9.17) is 4.74 Å². The number of pyridine rings is 1. The molecule has 0 unspecified atom stereocenters. The average molecular weight is 352 g/mol. The first-order valence-corrected chi connectivity index (χ1v) is 8.74. The van der Waals surface area contributed by atoms with Gasteiger partial charge >= 0.3 is 0 Å². The second-order valence-corrected chi connectivity index (χ2v) is 6.51. The van der Waals surface area contributed by atoms with Crippen LogP contribution in [0.15, 0.2) is 48.8 Å². The molecule has 0 spiro atoms. The number of aryl methyl sites for hydroxylation is 1. The van der Waals surface area contributed by atoms with Crippen molar-refractivity contribution in [3.8, 4) is 11.3 Å². The monoisotopic (exact) mass is 352 g/mol. The van der Waals surface area contributed by atoms with Crippen LogP contribution in [0.1, 0.15) is 17.1 Å². The molecule has 3 heterocycles. The molecule has 0 radical (unpaired) electrons. The number of aromatic nitrogens is 3. The average Bonchev–Trinajstić information content (AvgIpc) is 3.07. The van der Waals surface area contributed by atoms with Gasteiger partial charge in [-0.05, 0) is 48.4 Å². The smallest absolute Gasteiger partial charge is 0.135 e. The first-order valence-electron chi connectivity index (χ1n) is 8.74. The van der Waals surface area contributed by atoms with E-state index in [1.807, 2.05) is 18.5 Å². The van der Waals surface area contributed by atoms with Gasteiger partial charge in [-0.1, -0.05) is 6.07 Å². The zero-order valence-corrected chi connectivity index (χ0v) is 14.7. The van der Waals surface area contributed by atoms with Gasteiger partial charge in [-0.15, -0.1) is 0 Å². The number of rotatable bonds is 5. The van der Waals surface area contributed by atoms with Crippen LogP contribution in [0.5, 0.6) is 0 Å². The SMILES string of the molecule is Cc1cccnc1CNC[C@H]1Cn2c(-c3ccc(F)cc3)cnc2CO1. The fourth-order valence-corrected chi connectivity index (χ4v) is 3.21. The van der Waals surface area contributed by atoms with Crippen LogP contribution in [-0.4, -0.2) is 27.2 Å². The summed E-state index contributed by atoms with van der Waals surface area (Å²) in [6, 6.07) is 10.5. The van der Waals surface area contributed by atoms with Crippen molar-refractivity contribution in [3.63, 3.8) is 0 Å². The summed E-state index contributed by atoms with van der Waals surface area (Å²) in [5.74, 6) is 0.670. The minimum absolute atomic E-state index is 0.0555. The lowest BCUT2D eigenvalue weighted by atomic mass is 10.1. The quantitative estimate of drug-likeness (QED) is 0.767. The first kappa shape index (κ1) is 16.9. The molecular weight excluding hydrogens is 331 g/mol. The number of hydrogen-bond donors (Lipinski definition) is 1. The number of benzene rings is 1. The van der Waals surface area contributed by atoms with Crippen molar-refractivity contribution in [3.05, 3.63) is 71.7 Å². The Labute approximate surface area is 151 Å². The highest BCUT2D eigenvalue weighted by molar-refractivity contribution is 5.59. The van der Waals surface area contributed by atoms with Gasteiger partial charge in [-0.25, -0.2) is 9.37 Å². The van der Waals surface area contributed by atoms with Crippen LogP contribution < -0.4 is 5.32 Å². The summed E-state index contributed by atoms with van der Waals surface area (Å²) >= 11 is 0. The molecule has 3 aromatic rings. The summed E-state index contributed by atoms with van der Waals surface area (Å²) in [7, 11) is 0. The summed E-state index contributed by atoms with van der Waals surface area (Å²) in [6.45, 7) is 4.71. The van der Waals surface area contributed by atoms with Crippen LogP contribution in [0.3, 0.4) is 0 Å². The van der Waals surface area contributed by atoms with E-state index in [2.05, 4.69) is 32.8 Å². The Morgan fingerprint density at radius 1 is 1.23 bits per heavy atom. The number of fused-ring (bicyclic) bond motifs is 1. The first-order chi connectivity index (χ1) is 12.7. The molecule has 134 valence electrons. The van der Waals surface area contributed by atoms with Crippen LogP contribution in [0.2, 0.25) is 0 Å². The minimum atomic E-state index is -0.234. The number of hydrogen-bond acceptors (Lipinski definition) is 4. The molecule has 2 aromatic heterocycles. The van der Waals surface area contributed by atoms with Crippen molar-refractivity contribution < 1.29 is 9.13 Å². The Kier molecular flexibility index (Phi) is 4.77. The van der Waals surface area contributed by atoms with Crippen molar-refractivity contribution >= 4 is 0 Å². The second-order valence-electron chi connectivity index (χ2n) is 6.51. The van der Waals surface area contributed by atoms with Crippen LogP contribution in [0.4, 0.5) is 4.39 Å². The fraction of sp³-hybridized carbons (Fsp3) is 0.300. The summed E-state index contributed by atoms with van der Waals surface area (Å²) in [5, 5.41) is 3.43. The van der Waals surface area contributed by atoms with Gasteiger partial charge in [0.15, 0.2) is 0 Å². The molecule has 0 amide bonds. The number of imidazole rings is 1. The van der Waals surface area contributed by atoms with Gasteiger partial charge in [0.05, 0.1) is 30.2 Å². The van der Waals surface area contributed by atoms with Crippen molar-refractivity contribution in [2.24, 2.45) is 0 Å². The van der Waals surface area contributed by atoms with Gasteiger partial charge < -0.3 is 14.6 Å². The van der Waals surface area contributed by atoms with Crippen LogP contribution in [0, 0.1) is 12.7 Å². The predicted molar refractivity (Wildman–Crippen MR) is 96.9 cm³/mol. The van der Waals surface area contributed by atoms with Gasteiger partial charge in [0.2, 0.25) is 0 Å². The van der Waals surface area contributed by atoms with Crippen molar-refractivity contribution in [1.82, 2.24) is 19.9 Å². The molecule has 0 saturated heterocycles. The van der Waals surface area contributed by atoms with Gasteiger partial charge in [0.25, 0.3) is 0 Å². The van der Waals surface area contributed by atoms with Gasteiger partial charge in [-0.2, -0.15) is 0 Å². The highest BCUT2D eigenvalue weighted by Gasteiger charge is 2.22. The zero-order chi connectivity index (χ0) is 17.9. The molecular formula is C20H21FN4O. The molecule has 0 saturated carbocycles. The van der Waals surface area contributed by atoms with Crippen LogP contribution in [-0.2, 0) is 24.4 Å². The highest BCUT2D eigenvalue weighted by Crippen LogP contribution is 2.25. The fourth-order valence-electron chi connectivity index (χ4n) is 3.21. The second kappa shape index (κ2) is 7.35. The summed E-state index contributed by atoms with van der Waals surface area (Å²) in [5.41, 5.74) is 4.19. The van der Waals surface area contributed by atoms with Crippen LogP contribution >= 0.6 is 0 Å². The molecule has 0 fully saturated rings. The number of ether oxygens (including phenoxy) is 1. The highest BCUT2D eigenvalue weighted by atomic mass is 19.1. The van der Waals surface area contributed by atoms with Gasteiger partial charge in [0.1, 0.15) is 18.2 Å². The maximum absolute atomic E-state index is 13.2. The largest absolute Gasteiger partial charge is 0.367 e. The maximum atomic E-state index is 13.2. The minimum Gasteiger partial charge on any atom is -0.367 e. The summed E-state index contributed by atoms with van der Waals surface area (Å²) in [4.78, 5) is 8.84. The molecule has 1 atom stereocenters. The molecule has 1 aliphatic rings. The lowest BCUT2D eigenvalue weighted by Crippen LogP contribution is -2.36. The van der Waals surface area contributed by atoms with E-state index in [9.17, 15) is 4.39 Å². The Hall–Kier alpha value is -2.57. The normalized spacial score (nSPS) is 16.5. The molecule has 5 nitrogen and oxygen atoms in total. The van der Waals surface area contributed by atoms with Crippen molar-refractivity contribution in [2.75, 3.05) is 6.54 Å². The third-order valence-electron chi connectivity index (χ3n) is 4.69. The van der Waals surface area contributed by atoms with E-state index in [1.54, 1.807) is 12.1 Å². The topological polar surface area (TPSA) is 52.0 Å². The third kappa shape index (κ3) is 3.52. The Morgan fingerprint density at radius 3 is 2.88 bits per heavy atom. The Morgan fingerprint density at radius 2 is 2.08 bits per heavy atom. The van der Waals surface area contributed by atoms with Crippen molar-refractivity contribution in [2.45, 2.75) is 32.7 Å². The molecule has 1 aromatic carbocycles. The molecule has 1 aliphatic heterocycles. The number of nitrogens with one attached hydrogen (secondary N) is 1. The summed E-state index contributed by atoms with van der Waals surface area (Å²) < 4.78 is 21.3. The molecule has 1 N–H and O–H groups in total. The summed E-state index contributed by atoms with van der Waals surface area (Å²) in [6.07, 6.45) is 3.70. The van der Waals surface area contributed by atoms with Crippen LogP contribution in [0.25, 0.3) is 11.3 Å². The van der Waals surface area contributed by atoms with Crippen molar-refractivity contribution in [1.29, 1.82) is 0 Å². The molecule has 0 bridgehead atoms. The van der Waals surface area contributed by atoms with Gasteiger partial charge in [0, 0.05) is 19.3 Å². The molecule has 0 aliphatic carbocycles. The lowest BCUT2D eigenvalue weighted by Gasteiger charge is -2.26. The Bertz CT molecular complexity index is 891. The molecule has 4 rings (SSSR count). The lowest BCUT2D eigenvalue weighted by molar-refractivity contribution is 0.00321. The van der Waals surface area contributed by atoms with E-state index in [-0.39, 0.29) is 11.9 Å². The van der Waals surface area contributed by atoms with E-state index in [0.717, 1.165) is 35.9 Å². The van der Waals surface area contributed by atoms with E-state index in [1.165, 1.54) is 17.7 Å². The predicted octanol–water partition coefficient (Wildman–Crippen LogP) is 3.08. The molecule has 26 heavy (non-hydrogen) atoms. The maximum Gasteiger partial charge on any atom is 0.135 e. The van der Waals surface area contributed by atoms with Gasteiger partial charge in [-0.3, -0.25) is 4.98 Å². The zero-order valence-electron chi connectivity index (χ0n) is 14.7. The third-order valence-corrected chi connectivity index (χ3v) is 4.69. The van der Waals surface area contributed by atoms with E-state index in [0.29, 0.717) is 13.2 Å².